The summed E-state index contributed by atoms with van der Waals surface area (Å²) in [5, 5.41) is 22.5. The Morgan fingerprint density at radius 3 is 2.50 bits per heavy atom. The Morgan fingerprint density at radius 2 is 1.77 bits per heavy atom. The highest BCUT2D eigenvalue weighted by Crippen LogP contribution is 2.44. The third-order valence-electron chi connectivity index (χ3n) is 7.43. The van der Waals surface area contributed by atoms with Gasteiger partial charge in [-0.15, -0.1) is 10.2 Å². The number of hydrogen-bond donors (Lipinski definition) is 1. The third-order valence-corrected chi connectivity index (χ3v) is 9.53. The summed E-state index contributed by atoms with van der Waals surface area (Å²) in [4.78, 5) is 30.3. The highest BCUT2D eigenvalue weighted by Gasteiger charge is 2.48. The predicted octanol–water partition coefficient (Wildman–Crippen LogP) is 6.82. The number of Topliss-reactive ketones (excluding diaryl/α,β-unsaturated/α-hetero) is 1. The van der Waals surface area contributed by atoms with Gasteiger partial charge in [-0.25, -0.2) is 4.39 Å². The second kappa shape index (κ2) is 12.1. The maximum Gasteiger partial charge on any atom is 0.301 e. The van der Waals surface area contributed by atoms with Crippen LogP contribution in [0, 0.1) is 5.82 Å². The Bertz CT molecular complexity index is 1920. The fourth-order valence-corrected chi connectivity index (χ4v) is 7.06. The summed E-state index contributed by atoms with van der Waals surface area (Å²) in [5.41, 5.74) is 2.49. The molecule has 1 saturated heterocycles. The zero-order valence-corrected chi connectivity index (χ0v) is 25.7. The van der Waals surface area contributed by atoms with Crippen molar-refractivity contribution in [2.75, 3.05) is 31.0 Å². The second-order valence-corrected chi connectivity index (χ2v) is 12.5. The number of aliphatic hydroxyl groups excluding tert-OH is 1. The van der Waals surface area contributed by atoms with E-state index in [-0.39, 0.29) is 22.0 Å². The largest absolute Gasteiger partial charge is 0.507 e. The number of carbonyl (C=O) groups is 2. The molecule has 1 aromatic heterocycles. The summed E-state index contributed by atoms with van der Waals surface area (Å²) in [7, 11) is 5.13. The summed E-state index contributed by atoms with van der Waals surface area (Å²) in [6, 6.07) is 24.4. The molecule has 6 rings (SSSR count). The fraction of sp³-hybridized carbons (Fsp3) is 0.152. The van der Waals surface area contributed by atoms with Crippen molar-refractivity contribution in [1.82, 2.24) is 10.2 Å². The second-order valence-electron chi connectivity index (χ2n) is 10.3. The van der Waals surface area contributed by atoms with Crippen LogP contribution in [0.3, 0.4) is 0 Å². The van der Waals surface area contributed by atoms with Crippen molar-refractivity contribution in [2.24, 2.45) is 0 Å². The summed E-state index contributed by atoms with van der Waals surface area (Å²) < 4.78 is 20.2. The molecule has 0 bridgehead atoms. The monoisotopic (exact) mass is 626 g/mol. The number of anilines is 2. The van der Waals surface area contributed by atoms with Gasteiger partial charge in [-0.1, -0.05) is 77.7 Å². The lowest BCUT2D eigenvalue weighted by molar-refractivity contribution is -0.132. The van der Waals surface area contributed by atoms with Gasteiger partial charge in [0.15, 0.2) is 15.9 Å². The molecule has 0 spiro atoms. The molecule has 1 unspecified atom stereocenters. The van der Waals surface area contributed by atoms with Gasteiger partial charge in [-0.3, -0.25) is 14.5 Å². The van der Waals surface area contributed by atoms with Gasteiger partial charge in [0.25, 0.3) is 5.78 Å². The summed E-state index contributed by atoms with van der Waals surface area (Å²) in [5.74, 6) is -2.35. The molecule has 8 nitrogen and oxygen atoms in total. The number of halogens is 1. The molecule has 1 aliphatic rings. The molecule has 1 aliphatic heterocycles. The van der Waals surface area contributed by atoms with Crippen LogP contribution in [-0.2, 0) is 15.3 Å². The molecular weight excluding hydrogens is 600 g/mol. The van der Waals surface area contributed by atoms with E-state index in [4.69, 9.17) is 4.74 Å². The summed E-state index contributed by atoms with van der Waals surface area (Å²) in [6.45, 7) is 0. The number of carbonyl (C=O) groups excluding carboxylic acids is 2. The van der Waals surface area contributed by atoms with E-state index in [1.807, 2.05) is 49.3 Å². The molecule has 1 fully saturated rings. The van der Waals surface area contributed by atoms with Crippen molar-refractivity contribution in [1.29, 1.82) is 0 Å². The number of benzene rings is 4. The summed E-state index contributed by atoms with van der Waals surface area (Å²) in [6.07, 6.45) is 0. The molecule has 4 aromatic carbocycles. The number of rotatable bonds is 8. The van der Waals surface area contributed by atoms with Gasteiger partial charge in [-0.2, -0.15) is 0 Å². The Labute approximate surface area is 261 Å². The zero-order chi connectivity index (χ0) is 31.0. The minimum atomic E-state index is -1.01. The number of nitrogens with zero attached hydrogens (tertiary/aromatic N) is 4. The van der Waals surface area contributed by atoms with E-state index in [0.29, 0.717) is 15.7 Å². The van der Waals surface area contributed by atoms with Crippen LogP contribution in [0.5, 0.6) is 5.75 Å². The topological polar surface area (TPSA) is 95.9 Å². The Hall–Kier alpha value is -4.74. The van der Waals surface area contributed by atoms with E-state index in [0.717, 1.165) is 28.1 Å². The quantitative estimate of drug-likeness (QED) is 0.0659. The fourth-order valence-electron chi connectivity index (χ4n) is 5.19. The molecule has 222 valence electrons. The lowest BCUT2D eigenvalue weighted by Crippen LogP contribution is -2.29. The molecule has 1 atom stereocenters. The van der Waals surface area contributed by atoms with Crippen molar-refractivity contribution >= 4 is 62.1 Å². The van der Waals surface area contributed by atoms with E-state index in [1.165, 1.54) is 47.2 Å². The molecule has 0 radical (unpaired) electrons. The molecule has 1 amide bonds. The highest BCUT2D eigenvalue weighted by atomic mass is 32.2. The van der Waals surface area contributed by atoms with Gasteiger partial charge in [0, 0.05) is 31.1 Å². The number of fused-ring (bicyclic) bond motifs is 1. The normalized spacial score (nSPS) is 16.1. The molecule has 44 heavy (non-hydrogen) atoms. The first kappa shape index (κ1) is 29.3. The van der Waals surface area contributed by atoms with Crippen molar-refractivity contribution < 1.29 is 23.8 Å². The highest BCUT2D eigenvalue weighted by molar-refractivity contribution is 8.00. The van der Waals surface area contributed by atoms with Crippen LogP contribution >= 0.6 is 23.1 Å². The smallest absolute Gasteiger partial charge is 0.301 e. The molecule has 0 aliphatic carbocycles. The van der Waals surface area contributed by atoms with E-state index in [9.17, 15) is 19.1 Å². The van der Waals surface area contributed by atoms with Crippen LogP contribution in [0.4, 0.5) is 15.2 Å². The van der Waals surface area contributed by atoms with E-state index in [1.54, 1.807) is 12.1 Å². The molecule has 11 heteroatoms. The van der Waals surface area contributed by atoms with Gasteiger partial charge in [0.05, 0.1) is 18.7 Å². The van der Waals surface area contributed by atoms with Gasteiger partial charge in [0.1, 0.15) is 5.76 Å². The average molecular weight is 627 g/mol. The number of methoxy groups -OCH3 is 1. The zero-order valence-electron chi connectivity index (χ0n) is 24.0. The van der Waals surface area contributed by atoms with Crippen molar-refractivity contribution in [3.05, 3.63) is 113 Å². The summed E-state index contributed by atoms with van der Waals surface area (Å²) >= 11 is 2.67. The van der Waals surface area contributed by atoms with Gasteiger partial charge < -0.3 is 14.7 Å². The van der Waals surface area contributed by atoms with Crippen molar-refractivity contribution in [3.63, 3.8) is 0 Å². The number of aromatic nitrogens is 2. The SMILES string of the molecule is COc1ccc(/C(O)=C2/C(=O)C(=O)N(c3nnc(SCc4cccc5ccccc45)s3)C2c2ccc(N(C)C)cc2)cc1F. The van der Waals surface area contributed by atoms with E-state index in [2.05, 4.69) is 34.5 Å². The molecule has 2 heterocycles. The minimum absolute atomic E-state index is 0.0137. The van der Waals surface area contributed by atoms with E-state index >= 15 is 0 Å². The van der Waals surface area contributed by atoms with Crippen LogP contribution in [0.25, 0.3) is 16.5 Å². The molecular formula is C33H27FN4O4S2. The first-order valence-electron chi connectivity index (χ1n) is 13.6. The predicted molar refractivity (Wildman–Crippen MR) is 172 cm³/mol. The average Bonchev–Trinajstić information content (AvgIpc) is 3.61. The number of thioether (sulfide) groups is 1. The third kappa shape index (κ3) is 5.40. The van der Waals surface area contributed by atoms with Gasteiger partial charge in [-0.05, 0) is 52.2 Å². The van der Waals surface area contributed by atoms with Crippen LogP contribution in [0.1, 0.15) is 22.7 Å². The van der Waals surface area contributed by atoms with Crippen molar-refractivity contribution in [3.8, 4) is 5.75 Å². The number of ether oxygens (including phenoxy) is 1. The van der Waals surface area contributed by atoms with Crippen LogP contribution < -0.4 is 14.5 Å². The van der Waals surface area contributed by atoms with Crippen molar-refractivity contribution in [2.45, 2.75) is 16.1 Å². The lowest BCUT2D eigenvalue weighted by atomic mass is 9.95. The van der Waals surface area contributed by atoms with Crippen LogP contribution in [0.2, 0.25) is 0 Å². The number of amides is 1. The first-order valence-corrected chi connectivity index (χ1v) is 15.4. The first-order chi connectivity index (χ1) is 21.3. The minimum Gasteiger partial charge on any atom is -0.507 e. The van der Waals surface area contributed by atoms with Crippen LogP contribution in [-0.4, -0.2) is 48.2 Å². The standard InChI is InChI=1S/C33H27FN4O4S2/c1-37(2)23-14-11-20(12-15-23)28-27(29(39)21-13-16-26(42-3)25(34)17-21)30(40)31(41)38(28)32-35-36-33(44-32)43-18-22-9-6-8-19-7-4-5-10-24(19)22/h4-17,28,39H,18H2,1-3H3/b29-27-. The Kier molecular flexibility index (Phi) is 8.07. The molecule has 5 aromatic rings. The number of hydrogen-bond acceptors (Lipinski definition) is 9. The lowest BCUT2D eigenvalue weighted by Gasteiger charge is -2.23. The maximum atomic E-state index is 14.6. The maximum absolute atomic E-state index is 14.6. The Morgan fingerprint density at radius 1 is 1.02 bits per heavy atom. The molecule has 1 N–H and O–H groups in total. The van der Waals surface area contributed by atoms with Gasteiger partial charge >= 0.3 is 5.91 Å². The van der Waals surface area contributed by atoms with Crippen LogP contribution in [0.15, 0.2) is 94.8 Å². The Balaban J connectivity index is 1.38. The number of ketones is 1. The van der Waals surface area contributed by atoms with E-state index < -0.39 is 29.3 Å². The van der Waals surface area contributed by atoms with Gasteiger partial charge in [0.2, 0.25) is 5.13 Å². The number of aliphatic hydroxyl groups is 1. The molecule has 0 saturated carbocycles.